The lowest BCUT2D eigenvalue weighted by Crippen LogP contribution is -2.49. The summed E-state index contributed by atoms with van der Waals surface area (Å²) in [5.74, 6) is 3.09. The Morgan fingerprint density at radius 1 is 1.00 bits per heavy atom. The summed E-state index contributed by atoms with van der Waals surface area (Å²) >= 11 is 1.47. The molecule has 0 unspecified atom stereocenters. The van der Waals surface area contributed by atoms with Crippen LogP contribution >= 0.6 is 11.3 Å². The fourth-order valence-electron chi connectivity index (χ4n) is 3.53. The van der Waals surface area contributed by atoms with E-state index in [-0.39, 0.29) is 5.91 Å². The zero-order chi connectivity index (χ0) is 21.3. The van der Waals surface area contributed by atoms with Gasteiger partial charge in [0.2, 0.25) is 0 Å². The van der Waals surface area contributed by atoms with E-state index in [4.69, 9.17) is 0 Å². The normalized spacial score (nSPS) is 14.1. The monoisotopic (exact) mass is 423 g/mol. The molecule has 4 heterocycles. The van der Waals surface area contributed by atoms with Gasteiger partial charge in [0.1, 0.15) is 28.2 Å². The molecule has 1 fully saturated rings. The van der Waals surface area contributed by atoms with E-state index in [1.165, 1.54) is 11.3 Å². The Morgan fingerprint density at radius 3 is 2.43 bits per heavy atom. The van der Waals surface area contributed by atoms with Crippen LogP contribution < -0.4 is 10.2 Å². The summed E-state index contributed by atoms with van der Waals surface area (Å²) < 4.78 is 0. The van der Waals surface area contributed by atoms with Crippen molar-refractivity contribution in [1.29, 1.82) is 0 Å². The molecule has 0 spiro atoms. The first-order valence-corrected chi connectivity index (χ1v) is 10.7. The Morgan fingerprint density at radius 2 is 1.77 bits per heavy atom. The third-order valence-corrected chi connectivity index (χ3v) is 6.05. The molecular weight excluding hydrogens is 398 g/mol. The predicted molar refractivity (Wildman–Crippen MR) is 119 cm³/mol. The van der Waals surface area contributed by atoms with Gasteiger partial charge < -0.3 is 15.1 Å². The van der Waals surface area contributed by atoms with Gasteiger partial charge in [-0.3, -0.25) is 4.79 Å². The summed E-state index contributed by atoms with van der Waals surface area (Å²) in [6.07, 6.45) is 1.77. The van der Waals surface area contributed by atoms with Crippen molar-refractivity contribution in [3.8, 4) is 0 Å². The number of hydrogen-bond acceptors (Lipinski definition) is 8. The van der Waals surface area contributed by atoms with E-state index in [1.807, 2.05) is 50.8 Å². The van der Waals surface area contributed by atoms with E-state index in [0.29, 0.717) is 24.7 Å². The van der Waals surface area contributed by atoms with E-state index in [0.717, 1.165) is 45.9 Å². The van der Waals surface area contributed by atoms with E-state index in [1.54, 1.807) is 6.20 Å². The number of anilines is 3. The predicted octanol–water partition coefficient (Wildman–Crippen LogP) is 3.27. The summed E-state index contributed by atoms with van der Waals surface area (Å²) in [4.78, 5) is 35.5. The maximum atomic E-state index is 12.9. The van der Waals surface area contributed by atoms with Crippen LogP contribution in [0.15, 0.2) is 24.4 Å². The number of carbonyl (C=O) groups is 1. The Bertz CT molecular complexity index is 1070. The number of nitrogens with zero attached hydrogens (tertiary/aromatic N) is 6. The van der Waals surface area contributed by atoms with Crippen LogP contribution in [0.1, 0.15) is 31.8 Å². The van der Waals surface area contributed by atoms with Gasteiger partial charge in [-0.05, 0) is 45.4 Å². The fraction of sp³-hybridized carbons (Fsp3) is 0.381. The topological polar surface area (TPSA) is 87.1 Å². The highest BCUT2D eigenvalue weighted by atomic mass is 32.1. The van der Waals surface area contributed by atoms with Crippen LogP contribution in [-0.4, -0.2) is 56.9 Å². The van der Waals surface area contributed by atoms with E-state index in [2.05, 4.69) is 30.2 Å². The Labute approximate surface area is 180 Å². The molecule has 1 N–H and O–H groups in total. The SMILES string of the molecule is Cc1ccnc(Nc2cc(N3CCN(C(=O)c4sc(C)nc4C)CC3)nc(C)n2)c1. The molecule has 0 aliphatic carbocycles. The molecular formula is C21H25N7OS. The first-order chi connectivity index (χ1) is 14.4. The molecule has 30 heavy (non-hydrogen) atoms. The lowest BCUT2D eigenvalue weighted by molar-refractivity contribution is 0.0750. The third-order valence-electron chi connectivity index (χ3n) is 4.98. The number of thiazole rings is 1. The molecule has 156 valence electrons. The van der Waals surface area contributed by atoms with Gasteiger partial charge in [-0.15, -0.1) is 11.3 Å². The number of carbonyl (C=O) groups excluding carboxylic acids is 1. The Balaban J connectivity index is 1.45. The molecule has 1 aliphatic rings. The zero-order valence-electron chi connectivity index (χ0n) is 17.6. The highest BCUT2D eigenvalue weighted by Gasteiger charge is 2.26. The second-order valence-electron chi connectivity index (χ2n) is 7.43. The molecule has 0 saturated carbocycles. The standard InChI is InChI=1S/C21H25N7OS/c1-13-5-6-22-17(11-13)26-18-12-19(25-15(3)24-18)27-7-9-28(10-8-27)21(29)20-14(2)23-16(4)30-20/h5-6,11-12H,7-10H2,1-4H3,(H,22,24,25,26). The maximum absolute atomic E-state index is 12.9. The van der Waals surface area contributed by atoms with Crippen LogP contribution in [0.3, 0.4) is 0 Å². The van der Waals surface area contributed by atoms with Gasteiger partial charge in [0.25, 0.3) is 5.91 Å². The largest absolute Gasteiger partial charge is 0.353 e. The highest BCUT2D eigenvalue weighted by Crippen LogP contribution is 2.23. The average molecular weight is 424 g/mol. The van der Waals surface area contributed by atoms with Crippen LogP contribution in [0.4, 0.5) is 17.5 Å². The van der Waals surface area contributed by atoms with Crippen molar-refractivity contribution in [2.45, 2.75) is 27.7 Å². The van der Waals surface area contributed by atoms with Crippen LogP contribution in [-0.2, 0) is 0 Å². The molecule has 8 nitrogen and oxygen atoms in total. The fourth-order valence-corrected chi connectivity index (χ4v) is 4.41. The van der Waals surface area contributed by atoms with E-state index in [9.17, 15) is 4.79 Å². The summed E-state index contributed by atoms with van der Waals surface area (Å²) in [6.45, 7) is 10.5. The van der Waals surface area contributed by atoms with Gasteiger partial charge in [0.05, 0.1) is 10.7 Å². The number of pyridine rings is 1. The third kappa shape index (κ3) is 4.40. The summed E-state index contributed by atoms with van der Waals surface area (Å²) in [6, 6.07) is 5.87. The van der Waals surface area contributed by atoms with E-state index < -0.39 is 0 Å². The number of rotatable bonds is 4. The van der Waals surface area contributed by atoms with Gasteiger partial charge in [0, 0.05) is 38.4 Å². The van der Waals surface area contributed by atoms with Crippen molar-refractivity contribution in [2.24, 2.45) is 0 Å². The second kappa shape index (κ2) is 8.35. The first-order valence-electron chi connectivity index (χ1n) is 9.92. The van der Waals surface area contributed by atoms with Gasteiger partial charge >= 0.3 is 0 Å². The van der Waals surface area contributed by atoms with Gasteiger partial charge in [0.15, 0.2) is 0 Å². The number of piperazine rings is 1. The van der Waals surface area contributed by atoms with Crippen molar-refractivity contribution in [1.82, 2.24) is 24.8 Å². The first kappa shape index (κ1) is 20.2. The molecule has 0 radical (unpaired) electrons. The second-order valence-corrected chi connectivity index (χ2v) is 8.63. The van der Waals surface area contributed by atoms with Gasteiger partial charge in [-0.1, -0.05) is 0 Å². The number of amides is 1. The summed E-state index contributed by atoms with van der Waals surface area (Å²) in [5.41, 5.74) is 1.95. The van der Waals surface area contributed by atoms with Gasteiger partial charge in [-0.2, -0.15) is 0 Å². The van der Waals surface area contributed by atoms with Gasteiger partial charge in [-0.25, -0.2) is 19.9 Å². The number of nitrogens with one attached hydrogen (secondary N) is 1. The lowest BCUT2D eigenvalue weighted by atomic mass is 10.2. The Hall–Kier alpha value is -3.07. The van der Waals surface area contributed by atoms with Crippen molar-refractivity contribution in [2.75, 3.05) is 36.4 Å². The molecule has 0 bridgehead atoms. The summed E-state index contributed by atoms with van der Waals surface area (Å²) in [5, 5.41) is 4.19. The molecule has 1 amide bonds. The van der Waals surface area contributed by atoms with Crippen LogP contribution in [0, 0.1) is 27.7 Å². The number of aromatic nitrogens is 4. The van der Waals surface area contributed by atoms with Crippen molar-refractivity contribution < 1.29 is 4.79 Å². The molecule has 0 atom stereocenters. The summed E-state index contributed by atoms with van der Waals surface area (Å²) in [7, 11) is 0. The highest BCUT2D eigenvalue weighted by molar-refractivity contribution is 7.13. The minimum Gasteiger partial charge on any atom is -0.353 e. The maximum Gasteiger partial charge on any atom is 0.265 e. The quantitative estimate of drug-likeness (QED) is 0.689. The Kier molecular flexibility index (Phi) is 5.63. The number of hydrogen-bond donors (Lipinski definition) is 1. The molecule has 1 saturated heterocycles. The molecule has 0 aromatic carbocycles. The lowest BCUT2D eigenvalue weighted by Gasteiger charge is -2.35. The molecule has 3 aromatic rings. The van der Waals surface area contributed by atoms with Crippen LogP contribution in [0.25, 0.3) is 0 Å². The number of aryl methyl sites for hydroxylation is 4. The molecule has 9 heteroatoms. The molecule has 1 aliphatic heterocycles. The zero-order valence-corrected chi connectivity index (χ0v) is 18.5. The minimum atomic E-state index is 0.0736. The van der Waals surface area contributed by atoms with E-state index >= 15 is 0 Å². The average Bonchev–Trinajstić information content (AvgIpc) is 3.05. The van der Waals surface area contributed by atoms with Crippen molar-refractivity contribution in [3.63, 3.8) is 0 Å². The van der Waals surface area contributed by atoms with Crippen LogP contribution in [0.5, 0.6) is 0 Å². The van der Waals surface area contributed by atoms with Crippen molar-refractivity contribution in [3.05, 3.63) is 51.4 Å². The van der Waals surface area contributed by atoms with Crippen molar-refractivity contribution >= 4 is 34.7 Å². The minimum absolute atomic E-state index is 0.0736. The van der Waals surface area contributed by atoms with Crippen LogP contribution in [0.2, 0.25) is 0 Å². The molecule has 3 aromatic heterocycles. The smallest absolute Gasteiger partial charge is 0.265 e. The molecule has 4 rings (SSSR count).